The van der Waals surface area contributed by atoms with Gasteiger partial charge in [-0.25, -0.2) is 0 Å². The van der Waals surface area contributed by atoms with E-state index in [0.29, 0.717) is 16.6 Å². The van der Waals surface area contributed by atoms with Gasteiger partial charge in [-0.2, -0.15) is 0 Å². The van der Waals surface area contributed by atoms with Gasteiger partial charge in [0.25, 0.3) is 0 Å². The van der Waals surface area contributed by atoms with Crippen LogP contribution in [0.2, 0.25) is 5.02 Å². The Kier molecular flexibility index (Phi) is 2.97. The molecule has 100 valence electrons. The number of anilines is 1. The lowest BCUT2D eigenvalue weighted by Gasteiger charge is -2.33. The summed E-state index contributed by atoms with van der Waals surface area (Å²) in [5.74, 6) is 0.131. The van der Waals surface area contributed by atoms with Crippen molar-refractivity contribution in [2.24, 2.45) is 5.92 Å². The van der Waals surface area contributed by atoms with Crippen molar-refractivity contribution in [1.29, 1.82) is 0 Å². The monoisotopic (exact) mass is 278 g/mol. The molecule has 1 aliphatic heterocycles. The maximum Gasteiger partial charge on any atom is 0.250 e. The molecule has 1 unspecified atom stereocenters. The summed E-state index contributed by atoms with van der Waals surface area (Å²) in [7, 11) is 0. The Balaban J connectivity index is 1.95. The molecule has 0 bridgehead atoms. The molecule has 4 nitrogen and oxygen atoms in total. The molecule has 0 spiro atoms. The Bertz CT molecular complexity index is 554. The van der Waals surface area contributed by atoms with Crippen molar-refractivity contribution in [3.8, 4) is 0 Å². The average Bonchev–Trinajstić information content (AvgIpc) is 3.19. The summed E-state index contributed by atoms with van der Waals surface area (Å²) in [5, 5.41) is 3.29. The van der Waals surface area contributed by atoms with E-state index in [1.807, 2.05) is 19.1 Å². The molecule has 1 atom stereocenters. The lowest BCUT2D eigenvalue weighted by atomic mass is 10.1. The van der Waals surface area contributed by atoms with Crippen molar-refractivity contribution < 1.29 is 9.59 Å². The number of benzene rings is 1. The second-order valence-corrected chi connectivity index (χ2v) is 5.67. The number of piperazine rings is 1. The number of rotatable bonds is 2. The summed E-state index contributed by atoms with van der Waals surface area (Å²) < 4.78 is 0. The fraction of sp³-hybridized carbons (Fsp3) is 0.429. The van der Waals surface area contributed by atoms with E-state index in [4.69, 9.17) is 11.6 Å². The van der Waals surface area contributed by atoms with Crippen LogP contribution in [0.4, 0.5) is 5.69 Å². The molecule has 2 amide bonds. The molecule has 1 aliphatic carbocycles. The van der Waals surface area contributed by atoms with Crippen molar-refractivity contribution in [2.45, 2.75) is 25.8 Å². The first-order valence-corrected chi connectivity index (χ1v) is 6.81. The summed E-state index contributed by atoms with van der Waals surface area (Å²) in [6.45, 7) is 1.98. The van der Waals surface area contributed by atoms with Crippen LogP contribution in [0.5, 0.6) is 0 Å². The molecule has 5 heteroatoms. The van der Waals surface area contributed by atoms with Crippen LogP contribution in [-0.2, 0) is 9.59 Å². The number of halogens is 1. The Hall–Kier alpha value is -1.55. The number of amides is 2. The highest BCUT2D eigenvalue weighted by Crippen LogP contribution is 2.36. The van der Waals surface area contributed by atoms with Gasteiger partial charge in [-0.1, -0.05) is 17.7 Å². The van der Waals surface area contributed by atoms with Crippen LogP contribution in [0, 0.1) is 12.8 Å². The summed E-state index contributed by atoms with van der Waals surface area (Å²) in [4.78, 5) is 25.8. The van der Waals surface area contributed by atoms with Gasteiger partial charge in [0.2, 0.25) is 11.8 Å². The van der Waals surface area contributed by atoms with Gasteiger partial charge >= 0.3 is 0 Å². The van der Waals surface area contributed by atoms with E-state index in [2.05, 4.69) is 5.32 Å². The maximum absolute atomic E-state index is 12.5. The summed E-state index contributed by atoms with van der Waals surface area (Å²) >= 11 is 6.16. The first kappa shape index (κ1) is 12.5. The molecule has 2 aliphatic rings. The van der Waals surface area contributed by atoms with Gasteiger partial charge in [-0.3, -0.25) is 14.5 Å². The molecular weight excluding hydrogens is 264 g/mol. The van der Waals surface area contributed by atoms with Crippen LogP contribution in [0.3, 0.4) is 0 Å². The van der Waals surface area contributed by atoms with Gasteiger partial charge in [0.1, 0.15) is 12.6 Å². The summed E-state index contributed by atoms with van der Waals surface area (Å²) in [6.07, 6.45) is 2.01. The fourth-order valence-corrected chi connectivity index (χ4v) is 2.67. The highest BCUT2D eigenvalue weighted by Gasteiger charge is 2.43. The summed E-state index contributed by atoms with van der Waals surface area (Å²) in [6, 6.07) is 5.12. The lowest BCUT2D eigenvalue weighted by Crippen LogP contribution is -2.59. The average molecular weight is 279 g/mol. The van der Waals surface area contributed by atoms with E-state index in [9.17, 15) is 9.59 Å². The molecule has 1 aromatic carbocycles. The summed E-state index contributed by atoms with van der Waals surface area (Å²) in [5.41, 5.74) is 1.65. The van der Waals surface area contributed by atoms with Crippen LogP contribution in [0.1, 0.15) is 18.4 Å². The molecule has 1 saturated carbocycles. The zero-order valence-corrected chi connectivity index (χ0v) is 11.4. The first-order valence-electron chi connectivity index (χ1n) is 6.43. The van der Waals surface area contributed by atoms with Gasteiger partial charge < -0.3 is 5.32 Å². The number of carbonyl (C=O) groups is 2. The number of hydrogen-bond acceptors (Lipinski definition) is 2. The molecule has 0 aromatic heterocycles. The number of carbonyl (C=O) groups excluding carboxylic acids is 2. The largest absolute Gasteiger partial charge is 0.342 e. The minimum Gasteiger partial charge on any atom is -0.342 e. The third kappa shape index (κ3) is 2.32. The normalized spacial score (nSPS) is 23.5. The zero-order valence-electron chi connectivity index (χ0n) is 10.6. The van der Waals surface area contributed by atoms with E-state index in [1.165, 1.54) is 4.90 Å². The number of hydrogen-bond donors (Lipinski definition) is 1. The van der Waals surface area contributed by atoms with Gasteiger partial charge in [0.05, 0.1) is 10.7 Å². The van der Waals surface area contributed by atoms with Crippen molar-refractivity contribution in [2.75, 3.05) is 11.4 Å². The van der Waals surface area contributed by atoms with Crippen molar-refractivity contribution in [3.63, 3.8) is 0 Å². The number of aryl methyl sites for hydroxylation is 1. The van der Waals surface area contributed by atoms with Crippen LogP contribution < -0.4 is 10.2 Å². The Morgan fingerprint density at radius 1 is 1.32 bits per heavy atom. The topological polar surface area (TPSA) is 49.4 Å². The highest BCUT2D eigenvalue weighted by molar-refractivity contribution is 6.34. The quantitative estimate of drug-likeness (QED) is 0.898. The van der Waals surface area contributed by atoms with E-state index >= 15 is 0 Å². The van der Waals surface area contributed by atoms with Crippen molar-refractivity contribution >= 4 is 29.1 Å². The molecule has 0 radical (unpaired) electrons. The standard InChI is InChI=1S/C14H15ClN2O2/c1-8-2-5-10(15)11(6-8)17-7-12(18)16-13(14(17)19)9-3-4-9/h2,5-6,9,13H,3-4,7H2,1H3,(H,16,18). The van der Waals surface area contributed by atoms with Crippen molar-refractivity contribution in [3.05, 3.63) is 28.8 Å². The Morgan fingerprint density at radius 2 is 2.05 bits per heavy atom. The van der Waals surface area contributed by atoms with Crippen molar-refractivity contribution in [1.82, 2.24) is 5.32 Å². The van der Waals surface area contributed by atoms with E-state index in [0.717, 1.165) is 18.4 Å². The van der Waals surface area contributed by atoms with E-state index in [-0.39, 0.29) is 24.4 Å². The van der Waals surface area contributed by atoms with Gasteiger partial charge in [0.15, 0.2) is 0 Å². The van der Waals surface area contributed by atoms with E-state index in [1.54, 1.807) is 6.07 Å². The molecule has 19 heavy (non-hydrogen) atoms. The Morgan fingerprint density at radius 3 is 2.74 bits per heavy atom. The third-order valence-corrected chi connectivity index (χ3v) is 3.96. The minimum atomic E-state index is -0.377. The lowest BCUT2D eigenvalue weighted by molar-refractivity contribution is -0.131. The van der Waals surface area contributed by atoms with E-state index < -0.39 is 0 Å². The molecule has 1 N–H and O–H groups in total. The predicted molar refractivity (Wildman–Crippen MR) is 73.2 cm³/mol. The highest BCUT2D eigenvalue weighted by atomic mass is 35.5. The SMILES string of the molecule is Cc1ccc(Cl)c(N2CC(=O)NC(C3CC3)C2=O)c1. The van der Waals surface area contributed by atoms with Gasteiger partial charge in [-0.05, 0) is 43.4 Å². The minimum absolute atomic E-state index is 0.0467. The molecule has 3 rings (SSSR count). The van der Waals surface area contributed by atoms with Crippen LogP contribution in [-0.4, -0.2) is 24.4 Å². The molecule has 1 heterocycles. The zero-order chi connectivity index (χ0) is 13.6. The number of nitrogens with one attached hydrogen (secondary N) is 1. The first-order chi connectivity index (χ1) is 9.06. The smallest absolute Gasteiger partial charge is 0.250 e. The second kappa shape index (κ2) is 4.53. The van der Waals surface area contributed by atoms with Crippen LogP contribution in [0.25, 0.3) is 0 Å². The maximum atomic E-state index is 12.5. The van der Waals surface area contributed by atoms with Gasteiger partial charge in [-0.15, -0.1) is 0 Å². The number of nitrogens with zero attached hydrogens (tertiary/aromatic N) is 1. The fourth-order valence-electron chi connectivity index (χ4n) is 2.45. The second-order valence-electron chi connectivity index (χ2n) is 5.26. The predicted octanol–water partition coefficient (Wildman–Crippen LogP) is 1.89. The molecule has 1 saturated heterocycles. The Labute approximate surface area is 116 Å². The van der Waals surface area contributed by atoms with Crippen LogP contribution >= 0.6 is 11.6 Å². The van der Waals surface area contributed by atoms with Gasteiger partial charge in [0, 0.05) is 0 Å². The van der Waals surface area contributed by atoms with Crippen LogP contribution in [0.15, 0.2) is 18.2 Å². The molecule has 2 fully saturated rings. The molecule has 1 aromatic rings. The molecular formula is C14H15ClN2O2. The third-order valence-electron chi connectivity index (χ3n) is 3.64.